The van der Waals surface area contributed by atoms with E-state index in [0.717, 1.165) is 29.0 Å². The van der Waals surface area contributed by atoms with Gasteiger partial charge in [0.1, 0.15) is 36.3 Å². The van der Waals surface area contributed by atoms with E-state index in [9.17, 15) is 67.8 Å². The number of fused-ring (bicyclic) bond motifs is 1. The molecule has 3 rings (SSSR count). The van der Waals surface area contributed by atoms with Crippen LogP contribution < -0.4 is 135 Å². The van der Waals surface area contributed by atoms with E-state index in [1.165, 1.54) is 13.8 Å². The van der Waals surface area contributed by atoms with Gasteiger partial charge in [-0.1, -0.05) is 32.0 Å². The van der Waals surface area contributed by atoms with Crippen LogP contribution in [0.3, 0.4) is 0 Å². The molecule has 0 radical (unpaired) electrons. The van der Waals surface area contributed by atoms with Crippen molar-refractivity contribution in [2.24, 2.45) is 5.41 Å². The summed E-state index contributed by atoms with van der Waals surface area (Å²) in [5.74, 6) is -2.51. The van der Waals surface area contributed by atoms with Crippen molar-refractivity contribution in [3.8, 4) is 0 Å². The minimum atomic E-state index is -5.93. The summed E-state index contributed by atoms with van der Waals surface area (Å²) in [6.07, 6.45) is -6.04. The van der Waals surface area contributed by atoms with Gasteiger partial charge in [0.2, 0.25) is 11.8 Å². The molecule has 1 aliphatic heterocycles. The number of nitrogen functional groups attached to an aromatic ring is 1. The van der Waals surface area contributed by atoms with Gasteiger partial charge in [0.05, 0.1) is 27.4 Å². The van der Waals surface area contributed by atoms with Crippen LogP contribution in [0.4, 0.5) is 5.82 Å². The number of nitrogens with two attached hydrogens (primary N) is 1. The minimum absolute atomic E-state index is 0. The van der Waals surface area contributed by atoms with E-state index in [0.29, 0.717) is 19.3 Å². The summed E-state index contributed by atoms with van der Waals surface area (Å²) in [4.78, 5) is 106. The molecule has 328 valence electrons. The second-order valence-electron chi connectivity index (χ2n) is 13.1. The average molecular weight is 939 g/mol. The van der Waals surface area contributed by atoms with Gasteiger partial charge in [-0.15, -0.1) is 0 Å². The number of carbonyl (C=O) groups is 4. The van der Waals surface area contributed by atoms with Crippen LogP contribution in [0, 0.1) is 5.41 Å². The van der Waals surface area contributed by atoms with Crippen molar-refractivity contribution in [1.82, 2.24) is 30.2 Å². The smallest absolute Gasteiger partial charge is 0.790 e. The first-order valence-electron chi connectivity index (χ1n) is 17.1. The van der Waals surface area contributed by atoms with Gasteiger partial charge in [-0.2, -0.15) is 0 Å². The van der Waals surface area contributed by atoms with Crippen LogP contribution in [0.5, 0.6) is 0 Å². The number of hydrogen-bond donors (Lipinski definition) is 5. The summed E-state index contributed by atoms with van der Waals surface area (Å²) in [7, 11) is -17.6. The predicted octanol–water partition coefficient (Wildman–Crippen LogP) is -19.1. The Hall–Kier alpha value is 0.0170. The number of hydrogen-bond acceptors (Lipinski definition) is 24. The molecule has 1 aliphatic rings. The van der Waals surface area contributed by atoms with E-state index in [1.54, 1.807) is 0 Å². The van der Waals surface area contributed by atoms with Crippen LogP contribution in [-0.2, 0) is 55.5 Å². The number of rotatable bonds is 25. The Labute approximate surface area is 425 Å². The molecule has 3 heterocycles. The van der Waals surface area contributed by atoms with E-state index in [4.69, 9.17) is 10.5 Å². The molecule has 0 saturated carbocycles. The Bertz CT molecular complexity index is 1930. The number of aliphatic hydroxyl groups excluding tert-OH is 2. The van der Waals surface area contributed by atoms with Gasteiger partial charge in [-0.25, -0.2) is 19.3 Å². The molecule has 1 fully saturated rings. The Morgan fingerprint density at radius 3 is 2.17 bits per heavy atom. The molecule has 0 spiro atoms. The molecule has 1 saturated heterocycles. The van der Waals surface area contributed by atoms with E-state index in [2.05, 4.69) is 43.5 Å². The molecule has 2 unspecified atom stereocenters. The number of anilines is 1. The van der Waals surface area contributed by atoms with Crippen LogP contribution in [0.1, 0.15) is 58.6 Å². The molecule has 0 aliphatic carbocycles. The zero-order valence-corrected chi connectivity index (χ0v) is 39.3. The van der Waals surface area contributed by atoms with Crippen molar-refractivity contribution in [1.29, 1.82) is 0 Å². The summed E-state index contributed by atoms with van der Waals surface area (Å²) in [5, 5.41) is 36.4. The molecule has 2 aromatic rings. The number of carboxylic acid groups (broad SMARTS) is 1. The number of thioether (sulfide) groups is 1. The summed E-state index contributed by atoms with van der Waals surface area (Å²) in [6.45, 7) is -0.0666. The second-order valence-corrected chi connectivity index (χ2v) is 18.4. The fourth-order valence-electron chi connectivity index (χ4n) is 5.06. The topological polar surface area (TPSA) is 415 Å². The summed E-state index contributed by atoms with van der Waals surface area (Å²) < 4.78 is 60.4. The maximum Gasteiger partial charge on any atom is 1.00 e. The number of nitrogens with zero attached hydrogens (tertiary/aromatic N) is 4. The molecule has 0 aromatic carbocycles. The minimum Gasteiger partial charge on any atom is -0.790 e. The van der Waals surface area contributed by atoms with Crippen molar-refractivity contribution in [3.63, 3.8) is 0 Å². The fraction of sp³-hybridized carbons (Fsp3) is 0.679. The number of phosphoric acid groups is 3. The molecule has 26 nitrogen and oxygen atoms in total. The Balaban J connectivity index is -0.00000720. The first kappa shape index (κ1) is 67.3. The molecule has 2 aromatic heterocycles. The number of aliphatic hydroxyl groups is 2. The number of imidazole rings is 1. The number of carboxylic acids is 1. The number of ether oxygens (including phenoxy) is 1. The standard InChI is InChI=1S/C28H46N7O19P3S.5Li/c1-28(2,23(41)26(42)31-9-8-17(36)30-10-11-58-19(39)7-5-3-4-6-18(37)38)13-51-57(48,49)54-56(46,47)50-12-16-22(53-55(43,44)45)21(40)27(52-16)35-15-34-20-24(29)32-14-33-25(20)35;;;;;/h14-16,21-23,27,40-41H,3-13H2,1-2H3,(H,30,36)(H,31,42)(H,37,38)(H,46,47)(H,48,49)(H2,29,32,33)(H2,43,44,45);;;;;/q;5*+1/p-5/t16-,21-,22-,23+,27-;;;;;/m1...../s1. The Morgan fingerprint density at radius 2 is 1.56 bits per heavy atom. The molecule has 6 N–H and O–H groups in total. The number of aliphatic carboxylic acids is 1. The molecule has 0 bridgehead atoms. The van der Waals surface area contributed by atoms with Gasteiger partial charge in [-0.05, 0) is 19.3 Å². The zero-order valence-electron chi connectivity index (χ0n) is 35.8. The summed E-state index contributed by atoms with van der Waals surface area (Å²) >= 11 is 0.994. The third kappa shape index (κ3) is 23.3. The largest absolute Gasteiger partial charge is 1.00 e. The van der Waals surface area contributed by atoms with E-state index in [1.807, 2.05) is 0 Å². The van der Waals surface area contributed by atoms with Crippen molar-refractivity contribution in [3.05, 3.63) is 12.7 Å². The predicted molar refractivity (Wildman–Crippen MR) is 186 cm³/mol. The fourth-order valence-corrected chi connectivity index (χ4v) is 8.52. The average Bonchev–Trinajstić information content (AvgIpc) is 3.67. The van der Waals surface area contributed by atoms with Gasteiger partial charge in [0.15, 0.2) is 22.8 Å². The molecule has 63 heavy (non-hydrogen) atoms. The van der Waals surface area contributed by atoms with Gasteiger partial charge < -0.3 is 78.9 Å². The van der Waals surface area contributed by atoms with Gasteiger partial charge in [0, 0.05) is 43.1 Å². The summed E-state index contributed by atoms with van der Waals surface area (Å²) in [5.41, 5.74) is 4.02. The Morgan fingerprint density at radius 1 is 0.937 bits per heavy atom. The van der Waals surface area contributed by atoms with E-state index in [-0.39, 0.29) is 155 Å². The molecule has 35 heteroatoms. The first-order valence-corrected chi connectivity index (χ1v) is 22.5. The summed E-state index contributed by atoms with van der Waals surface area (Å²) in [6, 6.07) is 0. The van der Waals surface area contributed by atoms with Crippen LogP contribution >= 0.6 is 35.2 Å². The zero-order chi connectivity index (χ0) is 43.5. The number of carbonyl (C=O) groups excluding carboxylic acids is 4. The number of aromatic nitrogens is 4. The van der Waals surface area contributed by atoms with Gasteiger partial charge in [-0.3, -0.25) is 28.1 Å². The van der Waals surface area contributed by atoms with Crippen molar-refractivity contribution < 1.29 is 185 Å². The van der Waals surface area contributed by atoms with Crippen molar-refractivity contribution in [2.45, 2.75) is 83.0 Å². The normalized spacial score (nSPS) is 19.6. The molecule has 7 atom stereocenters. The van der Waals surface area contributed by atoms with Crippen LogP contribution in [0.2, 0.25) is 0 Å². The molecule has 2 amide bonds. The van der Waals surface area contributed by atoms with Gasteiger partial charge in [0.25, 0.3) is 15.6 Å². The number of phosphoric ester groups is 3. The second kappa shape index (κ2) is 30.5. The van der Waals surface area contributed by atoms with E-state index < -0.39 is 90.5 Å². The Kier molecular flexibility index (Phi) is 32.6. The maximum atomic E-state index is 12.5. The number of amides is 2. The third-order valence-electron chi connectivity index (χ3n) is 8.00. The number of nitrogens with one attached hydrogen (secondary N) is 2. The van der Waals surface area contributed by atoms with Crippen molar-refractivity contribution >= 4 is 75.1 Å². The monoisotopic (exact) mass is 939 g/mol. The number of unbranched alkanes of at least 4 members (excludes halogenated alkanes) is 2. The first-order chi connectivity index (χ1) is 26.9. The van der Waals surface area contributed by atoms with E-state index >= 15 is 0 Å². The van der Waals surface area contributed by atoms with Crippen LogP contribution in [0.25, 0.3) is 11.2 Å². The van der Waals surface area contributed by atoms with Gasteiger partial charge >= 0.3 is 94.3 Å². The molecular formula is C28H41Li5N7O19P3S. The maximum absolute atomic E-state index is 12.5. The van der Waals surface area contributed by atoms with Crippen molar-refractivity contribution in [2.75, 3.05) is 37.8 Å². The van der Waals surface area contributed by atoms with Crippen LogP contribution in [-0.4, -0.2) is 109 Å². The SMILES string of the molecule is CC(C)(COP(=O)([O-])OP(=O)([O-])OC[C@H]1O[C@@H](n2cnc3c(N)ncnc32)[C@H](O)[C@@H]1OP(=O)([O-])[O-])[C@@H](O)C(=O)NCCC(=O)NCCSC(=O)CCCCCC(=O)[O-].[Li+].[Li+].[Li+].[Li+].[Li+]. The quantitative estimate of drug-likeness (QED) is 0.0350. The third-order valence-corrected chi connectivity index (χ3v) is 11.9. The van der Waals surface area contributed by atoms with Crippen LogP contribution in [0.15, 0.2) is 12.7 Å². The molecular weight excluding hydrogens is 898 g/mol.